The van der Waals surface area contributed by atoms with Crippen molar-refractivity contribution < 1.29 is 9.21 Å². The zero-order valence-corrected chi connectivity index (χ0v) is 10.5. The normalized spacial score (nSPS) is 26.0. The molecule has 1 saturated heterocycles. The van der Waals surface area contributed by atoms with E-state index in [-0.39, 0.29) is 5.91 Å². The van der Waals surface area contributed by atoms with Gasteiger partial charge in [0.1, 0.15) is 11.5 Å². The molecule has 2 rings (SSSR count). The summed E-state index contributed by atoms with van der Waals surface area (Å²) < 4.78 is 5.57. The van der Waals surface area contributed by atoms with Crippen LogP contribution in [0.3, 0.4) is 0 Å². The van der Waals surface area contributed by atoms with E-state index in [9.17, 15) is 4.79 Å². The standard InChI is InChI=1S/C13H20N2O2/c1-10-5-6-11(17-10)9-15-8-4-3-7-13(15,2)12(14)16/h5-6H,3-4,7-9H2,1-2H3,(H2,14,16). The van der Waals surface area contributed by atoms with Crippen molar-refractivity contribution >= 4 is 5.91 Å². The van der Waals surface area contributed by atoms with Crippen LogP contribution in [0.5, 0.6) is 0 Å². The molecular formula is C13H20N2O2. The second-order valence-corrected chi connectivity index (χ2v) is 5.03. The summed E-state index contributed by atoms with van der Waals surface area (Å²) in [6, 6.07) is 3.91. The summed E-state index contributed by atoms with van der Waals surface area (Å²) >= 11 is 0. The van der Waals surface area contributed by atoms with Crippen molar-refractivity contribution in [3.05, 3.63) is 23.7 Å². The molecular weight excluding hydrogens is 216 g/mol. The molecule has 1 aromatic rings. The van der Waals surface area contributed by atoms with Gasteiger partial charge in [0, 0.05) is 0 Å². The Balaban J connectivity index is 2.14. The summed E-state index contributed by atoms with van der Waals surface area (Å²) in [7, 11) is 0. The Bertz CT molecular complexity index is 413. The minimum Gasteiger partial charge on any atom is -0.465 e. The molecule has 0 spiro atoms. The van der Waals surface area contributed by atoms with Gasteiger partial charge in [0.25, 0.3) is 0 Å². The van der Waals surface area contributed by atoms with Crippen LogP contribution >= 0.6 is 0 Å². The summed E-state index contributed by atoms with van der Waals surface area (Å²) in [4.78, 5) is 13.8. The molecule has 4 heteroatoms. The maximum Gasteiger partial charge on any atom is 0.237 e. The Kier molecular flexibility index (Phi) is 3.24. The SMILES string of the molecule is Cc1ccc(CN2CCCCC2(C)C(N)=O)o1. The van der Waals surface area contributed by atoms with Crippen LogP contribution in [0.1, 0.15) is 37.7 Å². The highest BCUT2D eigenvalue weighted by Gasteiger charge is 2.39. The number of piperidine rings is 1. The molecule has 1 aromatic heterocycles. The smallest absolute Gasteiger partial charge is 0.237 e. The maximum atomic E-state index is 11.6. The van der Waals surface area contributed by atoms with Crippen molar-refractivity contribution in [3.8, 4) is 0 Å². The summed E-state index contributed by atoms with van der Waals surface area (Å²) in [6.45, 7) is 5.42. The van der Waals surface area contributed by atoms with Gasteiger partial charge in [-0.3, -0.25) is 9.69 Å². The maximum absolute atomic E-state index is 11.6. The number of likely N-dealkylation sites (tertiary alicyclic amines) is 1. The molecule has 17 heavy (non-hydrogen) atoms. The number of nitrogens with two attached hydrogens (primary N) is 1. The lowest BCUT2D eigenvalue weighted by molar-refractivity contribution is -0.132. The first-order valence-corrected chi connectivity index (χ1v) is 6.12. The molecule has 1 amide bonds. The van der Waals surface area contributed by atoms with Crippen LogP contribution in [-0.4, -0.2) is 22.9 Å². The molecule has 0 radical (unpaired) electrons. The first-order valence-electron chi connectivity index (χ1n) is 6.12. The Morgan fingerprint density at radius 3 is 2.88 bits per heavy atom. The van der Waals surface area contributed by atoms with Crippen molar-refractivity contribution in [2.24, 2.45) is 5.73 Å². The monoisotopic (exact) mass is 236 g/mol. The minimum absolute atomic E-state index is 0.236. The number of aryl methyl sites for hydroxylation is 1. The minimum atomic E-state index is -0.529. The number of rotatable bonds is 3. The van der Waals surface area contributed by atoms with Crippen LogP contribution in [0.25, 0.3) is 0 Å². The zero-order chi connectivity index (χ0) is 12.5. The van der Waals surface area contributed by atoms with Crippen molar-refractivity contribution in [2.45, 2.75) is 45.2 Å². The number of furan rings is 1. The summed E-state index contributed by atoms with van der Waals surface area (Å²) in [5.41, 5.74) is 5.01. The second kappa shape index (κ2) is 4.53. The lowest BCUT2D eigenvalue weighted by Gasteiger charge is -2.42. The number of hydrogen-bond donors (Lipinski definition) is 1. The lowest BCUT2D eigenvalue weighted by Crippen LogP contribution is -2.57. The Hall–Kier alpha value is -1.29. The Morgan fingerprint density at radius 1 is 1.53 bits per heavy atom. The third-order valence-electron chi connectivity index (χ3n) is 3.71. The molecule has 1 aliphatic rings. The van der Waals surface area contributed by atoms with Gasteiger partial charge in [-0.25, -0.2) is 0 Å². The fourth-order valence-electron chi connectivity index (χ4n) is 2.47. The largest absolute Gasteiger partial charge is 0.465 e. The summed E-state index contributed by atoms with van der Waals surface area (Å²) in [5, 5.41) is 0. The van der Waals surface area contributed by atoms with Crippen LogP contribution in [-0.2, 0) is 11.3 Å². The Morgan fingerprint density at radius 2 is 2.29 bits per heavy atom. The van der Waals surface area contributed by atoms with Crippen LogP contribution in [0.2, 0.25) is 0 Å². The van der Waals surface area contributed by atoms with E-state index in [0.29, 0.717) is 6.54 Å². The van der Waals surface area contributed by atoms with E-state index in [1.165, 1.54) is 0 Å². The number of primary amides is 1. The van der Waals surface area contributed by atoms with Crippen LogP contribution in [0, 0.1) is 6.92 Å². The van der Waals surface area contributed by atoms with E-state index in [4.69, 9.17) is 10.2 Å². The molecule has 1 atom stereocenters. The average molecular weight is 236 g/mol. The number of carbonyl (C=O) groups excluding carboxylic acids is 1. The number of hydrogen-bond acceptors (Lipinski definition) is 3. The predicted molar refractivity (Wildman–Crippen MR) is 65.3 cm³/mol. The van der Waals surface area contributed by atoms with E-state index in [0.717, 1.165) is 37.3 Å². The van der Waals surface area contributed by atoms with Gasteiger partial charge in [-0.05, 0) is 51.8 Å². The van der Waals surface area contributed by atoms with Crippen LogP contribution in [0.4, 0.5) is 0 Å². The molecule has 0 aliphatic carbocycles. The van der Waals surface area contributed by atoms with Gasteiger partial charge in [-0.1, -0.05) is 0 Å². The third kappa shape index (κ3) is 2.36. The molecule has 1 unspecified atom stereocenters. The van der Waals surface area contributed by atoms with Gasteiger partial charge < -0.3 is 10.2 Å². The average Bonchev–Trinajstić information content (AvgIpc) is 2.67. The highest BCUT2D eigenvalue weighted by Crippen LogP contribution is 2.29. The molecule has 1 aliphatic heterocycles. The quantitative estimate of drug-likeness (QED) is 0.870. The molecule has 2 heterocycles. The molecule has 0 saturated carbocycles. The van der Waals surface area contributed by atoms with Crippen molar-refractivity contribution in [2.75, 3.05) is 6.54 Å². The van der Waals surface area contributed by atoms with E-state index < -0.39 is 5.54 Å². The van der Waals surface area contributed by atoms with Crippen molar-refractivity contribution in [1.82, 2.24) is 4.90 Å². The summed E-state index contributed by atoms with van der Waals surface area (Å²) in [6.07, 6.45) is 3.01. The van der Waals surface area contributed by atoms with Crippen molar-refractivity contribution in [3.63, 3.8) is 0 Å². The lowest BCUT2D eigenvalue weighted by atomic mass is 9.87. The molecule has 1 fully saturated rings. The van der Waals surface area contributed by atoms with E-state index in [2.05, 4.69) is 4.90 Å². The molecule has 2 N–H and O–H groups in total. The van der Waals surface area contributed by atoms with Gasteiger partial charge in [-0.15, -0.1) is 0 Å². The van der Waals surface area contributed by atoms with E-state index >= 15 is 0 Å². The number of nitrogens with zero attached hydrogens (tertiary/aromatic N) is 1. The highest BCUT2D eigenvalue weighted by molar-refractivity contribution is 5.84. The summed E-state index contributed by atoms with van der Waals surface area (Å²) in [5.74, 6) is 1.56. The number of carbonyl (C=O) groups is 1. The van der Waals surface area contributed by atoms with Gasteiger partial charge in [0.05, 0.1) is 12.1 Å². The zero-order valence-electron chi connectivity index (χ0n) is 10.5. The number of amides is 1. The Labute approximate surface area is 102 Å². The topological polar surface area (TPSA) is 59.5 Å². The highest BCUT2D eigenvalue weighted by atomic mass is 16.3. The molecule has 0 bridgehead atoms. The third-order valence-corrected chi connectivity index (χ3v) is 3.71. The molecule has 0 aromatic carbocycles. The fourth-order valence-corrected chi connectivity index (χ4v) is 2.47. The molecule has 94 valence electrons. The van der Waals surface area contributed by atoms with Gasteiger partial charge >= 0.3 is 0 Å². The van der Waals surface area contributed by atoms with Gasteiger partial charge in [-0.2, -0.15) is 0 Å². The van der Waals surface area contributed by atoms with Crippen LogP contribution < -0.4 is 5.73 Å². The fraction of sp³-hybridized carbons (Fsp3) is 0.615. The first-order chi connectivity index (χ1) is 8.02. The molecule has 4 nitrogen and oxygen atoms in total. The van der Waals surface area contributed by atoms with Crippen LogP contribution in [0.15, 0.2) is 16.5 Å². The second-order valence-electron chi connectivity index (χ2n) is 5.03. The van der Waals surface area contributed by atoms with E-state index in [1.54, 1.807) is 0 Å². The van der Waals surface area contributed by atoms with Gasteiger partial charge in [0.15, 0.2) is 0 Å². The van der Waals surface area contributed by atoms with Crippen molar-refractivity contribution in [1.29, 1.82) is 0 Å². The van der Waals surface area contributed by atoms with Gasteiger partial charge in [0.2, 0.25) is 5.91 Å². The predicted octanol–water partition coefficient (Wildman–Crippen LogP) is 1.82. The van der Waals surface area contributed by atoms with E-state index in [1.807, 2.05) is 26.0 Å². The first kappa shape index (κ1) is 12.2.